The number of methoxy groups -OCH3 is 1. The van der Waals surface area contributed by atoms with Crippen molar-refractivity contribution in [2.75, 3.05) is 33.4 Å². The average Bonchev–Trinajstić information content (AvgIpc) is 2.80. The van der Waals surface area contributed by atoms with E-state index in [9.17, 15) is 0 Å². The van der Waals surface area contributed by atoms with Crippen LogP contribution >= 0.6 is 0 Å². The molecule has 0 amide bonds. The molecule has 0 aliphatic carbocycles. The number of hydrogen-bond acceptors (Lipinski definition) is 4. The fraction of sp³-hybridized carbons (Fsp3) is 0.733. The number of nitrogens with zero attached hydrogens (tertiary/aromatic N) is 1. The Hall–Kier alpha value is -0.840. The van der Waals surface area contributed by atoms with Crippen LogP contribution in [0.15, 0.2) is 16.7 Å². The predicted molar refractivity (Wildman–Crippen MR) is 78.1 cm³/mol. The predicted octanol–water partition coefficient (Wildman–Crippen LogP) is 2.49. The first-order valence-electron chi connectivity index (χ1n) is 7.14. The smallest absolute Gasteiger partial charge is 0.118 e. The van der Waals surface area contributed by atoms with Gasteiger partial charge in [0.15, 0.2) is 0 Å². The fourth-order valence-electron chi connectivity index (χ4n) is 2.06. The van der Waals surface area contributed by atoms with Gasteiger partial charge in [0, 0.05) is 32.3 Å². The first-order valence-corrected chi connectivity index (χ1v) is 7.14. The van der Waals surface area contributed by atoms with Gasteiger partial charge in [-0.1, -0.05) is 20.8 Å². The van der Waals surface area contributed by atoms with Gasteiger partial charge in [-0.15, -0.1) is 0 Å². The topological polar surface area (TPSA) is 37.6 Å². The highest BCUT2D eigenvalue weighted by atomic mass is 16.5. The minimum Gasteiger partial charge on any atom is -0.468 e. The molecule has 1 aromatic rings. The van der Waals surface area contributed by atoms with E-state index in [-0.39, 0.29) is 0 Å². The van der Waals surface area contributed by atoms with Gasteiger partial charge in [-0.2, -0.15) is 0 Å². The normalized spacial score (nSPS) is 11.7. The molecule has 110 valence electrons. The third-order valence-electron chi connectivity index (χ3n) is 2.90. The second kappa shape index (κ2) is 9.13. The van der Waals surface area contributed by atoms with E-state index in [0.717, 1.165) is 45.1 Å². The molecule has 0 aromatic carbocycles. The van der Waals surface area contributed by atoms with Crippen LogP contribution in [-0.4, -0.2) is 38.3 Å². The maximum atomic E-state index is 5.63. The van der Waals surface area contributed by atoms with Crippen molar-refractivity contribution in [3.05, 3.63) is 23.7 Å². The van der Waals surface area contributed by atoms with E-state index in [1.807, 2.05) is 6.26 Å². The molecule has 19 heavy (non-hydrogen) atoms. The summed E-state index contributed by atoms with van der Waals surface area (Å²) in [5, 5.41) is 3.30. The lowest BCUT2D eigenvalue weighted by Gasteiger charge is -2.22. The standard InChI is InChI=1S/C15H28N2O2/c1-5-16-9-14-8-15(19-12-14)11-17(6-7-18-4)10-13(2)3/h8,12-13,16H,5-7,9-11H2,1-4H3. The summed E-state index contributed by atoms with van der Waals surface area (Å²) in [4.78, 5) is 2.38. The Morgan fingerprint density at radius 3 is 2.84 bits per heavy atom. The molecule has 0 aliphatic rings. The van der Waals surface area contributed by atoms with Gasteiger partial charge in [-0.25, -0.2) is 0 Å². The zero-order valence-corrected chi connectivity index (χ0v) is 12.7. The summed E-state index contributed by atoms with van der Waals surface area (Å²) in [6, 6.07) is 2.14. The van der Waals surface area contributed by atoms with Crippen LogP contribution < -0.4 is 5.32 Å². The Morgan fingerprint density at radius 2 is 2.21 bits per heavy atom. The molecule has 0 fully saturated rings. The van der Waals surface area contributed by atoms with Crippen LogP contribution in [0.1, 0.15) is 32.1 Å². The summed E-state index contributed by atoms with van der Waals surface area (Å²) in [7, 11) is 1.75. The summed E-state index contributed by atoms with van der Waals surface area (Å²) >= 11 is 0. The molecule has 1 heterocycles. The van der Waals surface area contributed by atoms with Gasteiger partial charge < -0.3 is 14.5 Å². The molecule has 0 atom stereocenters. The lowest BCUT2D eigenvalue weighted by atomic mass is 10.2. The SMILES string of the molecule is CCNCc1coc(CN(CCOC)CC(C)C)c1. The van der Waals surface area contributed by atoms with Gasteiger partial charge in [-0.05, 0) is 18.5 Å². The van der Waals surface area contributed by atoms with Crippen molar-refractivity contribution in [1.82, 2.24) is 10.2 Å². The van der Waals surface area contributed by atoms with E-state index in [2.05, 4.69) is 37.1 Å². The molecule has 1 N–H and O–H groups in total. The van der Waals surface area contributed by atoms with Gasteiger partial charge in [-0.3, -0.25) is 4.90 Å². The van der Waals surface area contributed by atoms with E-state index in [1.54, 1.807) is 7.11 Å². The highest BCUT2D eigenvalue weighted by molar-refractivity contribution is 5.12. The number of hydrogen-bond donors (Lipinski definition) is 1. The molecular formula is C15H28N2O2. The Balaban J connectivity index is 2.49. The molecule has 4 heteroatoms. The molecule has 4 nitrogen and oxygen atoms in total. The Kier molecular flexibility index (Phi) is 7.79. The number of furan rings is 1. The lowest BCUT2D eigenvalue weighted by Crippen LogP contribution is -2.30. The molecule has 0 radical (unpaired) electrons. The van der Waals surface area contributed by atoms with Crippen LogP contribution in [0.25, 0.3) is 0 Å². The maximum Gasteiger partial charge on any atom is 0.118 e. The van der Waals surface area contributed by atoms with Crippen molar-refractivity contribution in [3.63, 3.8) is 0 Å². The van der Waals surface area contributed by atoms with Crippen LogP contribution in [0, 0.1) is 5.92 Å². The van der Waals surface area contributed by atoms with Crippen molar-refractivity contribution in [2.24, 2.45) is 5.92 Å². The minimum atomic E-state index is 0.646. The van der Waals surface area contributed by atoms with Gasteiger partial charge in [0.1, 0.15) is 5.76 Å². The Bertz CT molecular complexity index is 337. The minimum absolute atomic E-state index is 0.646. The van der Waals surface area contributed by atoms with Gasteiger partial charge in [0.05, 0.1) is 19.4 Å². The van der Waals surface area contributed by atoms with Crippen LogP contribution in [0.4, 0.5) is 0 Å². The molecule has 0 bridgehead atoms. The van der Waals surface area contributed by atoms with E-state index in [4.69, 9.17) is 9.15 Å². The second-order valence-corrected chi connectivity index (χ2v) is 5.32. The van der Waals surface area contributed by atoms with E-state index >= 15 is 0 Å². The lowest BCUT2D eigenvalue weighted by molar-refractivity contribution is 0.131. The zero-order chi connectivity index (χ0) is 14.1. The number of rotatable bonds is 10. The Labute approximate surface area is 117 Å². The van der Waals surface area contributed by atoms with Crippen molar-refractivity contribution >= 4 is 0 Å². The summed E-state index contributed by atoms with van der Waals surface area (Å²) in [5.74, 6) is 1.68. The van der Waals surface area contributed by atoms with Crippen LogP contribution in [0.3, 0.4) is 0 Å². The van der Waals surface area contributed by atoms with Gasteiger partial charge in [0.2, 0.25) is 0 Å². The number of nitrogens with one attached hydrogen (secondary N) is 1. The highest BCUT2D eigenvalue weighted by Gasteiger charge is 2.10. The highest BCUT2D eigenvalue weighted by Crippen LogP contribution is 2.12. The van der Waals surface area contributed by atoms with E-state index in [0.29, 0.717) is 5.92 Å². The monoisotopic (exact) mass is 268 g/mol. The first kappa shape index (κ1) is 16.2. The van der Waals surface area contributed by atoms with Crippen LogP contribution in [0.5, 0.6) is 0 Å². The largest absolute Gasteiger partial charge is 0.468 e. The fourth-order valence-corrected chi connectivity index (χ4v) is 2.06. The third kappa shape index (κ3) is 6.76. The molecule has 0 saturated heterocycles. The van der Waals surface area contributed by atoms with Gasteiger partial charge in [0.25, 0.3) is 0 Å². The average molecular weight is 268 g/mol. The van der Waals surface area contributed by atoms with E-state index in [1.165, 1.54) is 5.56 Å². The molecule has 0 spiro atoms. The molecule has 0 aliphatic heterocycles. The maximum absolute atomic E-state index is 5.63. The van der Waals surface area contributed by atoms with Crippen LogP contribution in [-0.2, 0) is 17.8 Å². The summed E-state index contributed by atoms with van der Waals surface area (Å²) in [6.45, 7) is 12.1. The quantitative estimate of drug-likeness (QED) is 0.707. The Morgan fingerprint density at radius 1 is 1.42 bits per heavy atom. The van der Waals surface area contributed by atoms with E-state index < -0.39 is 0 Å². The van der Waals surface area contributed by atoms with Gasteiger partial charge >= 0.3 is 0 Å². The van der Waals surface area contributed by atoms with Crippen molar-refractivity contribution in [3.8, 4) is 0 Å². The number of ether oxygens (including phenoxy) is 1. The summed E-state index contributed by atoms with van der Waals surface area (Å²) in [6.07, 6.45) is 1.85. The molecule has 1 rings (SSSR count). The van der Waals surface area contributed by atoms with Crippen molar-refractivity contribution in [1.29, 1.82) is 0 Å². The molecule has 0 saturated carbocycles. The summed E-state index contributed by atoms with van der Waals surface area (Å²) < 4.78 is 10.8. The molecular weight excluding hydrogens is 240 g/mol. The molecule has 1 aromatic heterocycles. The van der Waals surface area contributed by atoms with Crippen molar-refractivity contribution in [2.45, 2.75) is 33.9 Å². The zero-order valence-electron chi connectivity index (χ0n) is 12.7. The summed E-state index contributed by atoms with van der Waals surface area (Å²) in [5.41, 5.74) is 1.22. The first-order chi connectivity index (χ1) is 9.15. The second-order valence-electron chi connectivity index (χ2n) is 5.32. The van der Waals surface area contributed by atoms with Crippen molar-refractivity contribution < 1.29 is 9.15 Å². The molecule has 0 unspecified atom stereocenters. The third-order valence-corrected chi connectivity index (χ3v) is 2.90. The van der Waals surface area contributed by atoms with Crippen LogP contribution in [0.2, 0.25) is 0 Å².